The Morgan fingerprint density at radius 1 is 1.38 bits per heavy atom. The molecule has 1 nitrogen and oxygen atoms in total. The Hall–Kier alpha value is 0.250. The van der Waals surface area contributed by atoms with E-state index in [2.05, 4.69) is 33.0 Å². The molecule has 2 heteroatoms. The van der Waals surface area contributed by atoms with Crippen LogP contribution in [0.2, 0.25) is 0 Å². The van der Waals surface area contributed by atoms with Crippen LogP contribution in [-0.4, -0.2) is 17.5 Å². The van der Waals surface area contributed by atoms with Gasteiger partial charge in [0, 0.05) is 17.5 Å². The summed E-state index contributed by atoms with van der Waals surface area (Å²) in [6.45, 7) is 8.97. The summed E-state index contributed by atoms with van der Waals surface area (Å²) in [5, 5.41) is 3.66. The third-order valence-electron chi connectivity index (χ3n) is 2.74. The van der Waals surface area contributed by atoms with Crippen LogP contribution in [0.4, 0.5) is 0 Å². The monoisotopic (exact) mass is 205 g/mol. The molecule has 0 aliphatic heterocycles. The summed E-state index contributed by atoms with van der Waals surface area (Å²) in [6.07, 6.45) is 4.69. The Morgan fingerprint density at radius 2 is 2.00 bits per heavy atom. The van der Waals surface area contributed by atoms with Crippen LogP contribution in [0.25, 0.3) is 0 Å². The van der Waals surface area contributed by atoms with Gasteiger partial charge in [0.05, 0.1) is 0 Å². The first-order valence-corrected chi connectivity index (χ1v) is 5.95. The molecule has 0 aromatic carbocycles. The molecule has 0 saturated carbocycles. The summed E-state index contributed by atoms with van der Waals surface area (Å²) in [6, 6.07) is 0.609. The minimum atomic E-state index is 0.232. The van der Waals surface area contributed by atoms with Gasteiger partial charge in [0.2, 0.25) is 0 Å². The van der Waals surface area contributed by atoms with Gasteiger partial charge in [-0.05, 0) is 33.1 Å². The predicted octanol–water partition coefficient (Wildman–Crippen LogP) is 3.56. The maximum Gasteiger partial charge on any atom is 0.0240 e. The fourth-order valence-corrected chi connectivity index (χ4v) is 2.08. The van der Waals surface area contributed by atoms with Gasteiger partial charge in [0.1, 0.15) is 0 Å². The van der Waals surface area contributed by atoms with Crippen LogP contribution in [0, 0.1) is 0 Å². The second-order valence-electron chi connectivity index (χ2n) is 4.19. The van der Waals surface area contributed by atoms with Gasteiger partial charge in [-0.1, -0.05) is 20.3 Å². The maximum atomic E-state index is 5.79. The summed E-state index contributed by atoms with van der Waals surface area (Å²) in [5.74, 6) is 0.746. The van der Waals surface area contributed by atoms with Crippen LogP contribution < -0.4 is 5.32 Å². The lowest BCUT2D eigenvalue weighted by molar-refractivity contribution is 0.290. The molecule has 2 unspecified atom stereocenters. The molecule has 2 atom stereocenters. The zero-order valence-corrected chi connectivity index (χ0v) is 10.2. The lowest BCUT2D eigenvalue weighted by Crippen LogP contribution is -2.46. The molecule has 0 aromatic rings. The molecular formula is C11H24ClN. The number of hydrogen-bond donors (Lipinski definition) is 1. The smallest absolute Gasteiger partial charge is 0.0240 e. The molecule has 0 heterocycles. The number of alkyl halides is 1. The fourth-order valence-electron chi connectivity index (χ4n) is 1.66. The summed E-state index contributed by atoms with van der Waals surface area (Å²) in [7, 11) is 0. The van der Waals surface area contributed by atoms with E-state index in [1.54, 1.807) is 0 Å². The fraction of sp³-hybridized carbons (Fsp3) is 1.00. The first-order chi connectivity index (χ1) is 6.08. The van der Waals surface area contributed by atoms with Crippen molar-refractivity contribution in [2.75, 3.05) is 5.88 Å². The lowest BCUT2D eigenvalue weighted by atomic mass is 9.94. The summed E-state index contributed by atoms with van der Waals surface area (Å²) < 4.78 is 0. The van der Waals surface area contributed by atoms with Gasteiger partial charge in [-0.25, -0.2) is 0 Å². The molecule has 0 aromatic heterocycles. The van der Waals surface area contributed by atoms with Crippen molar-refractivity contribution in [3.05, 3.63) is 0 Å². The second-order valence-corrected chi connectivity index (χ2v) is 4.57. The molecule has 0 saturated heterocycles. The standard InChI is InChI=1S/C11H24ClN/c1-5-7-10(3)13-11(4,6-2)8-9-12/h10,13H,5-9H2,1-4H3. The third kappa shape index (κ3) is 5.53. The van der Waals surface area contributed by atoms with Crippen LogP contribution in [0.3, 0.4) is 0 Å². The number of rotatable bonds is 7. The number of hydrogen-bond acceptors (Lipinski definition) is 1. The Bertz CT molecular complexity index is 127. The lowest BCUT2D eigenvalue weighted by Gasteiger charge is -2.32. The van der Waals surface area contributed by atoms with E-state index in [9.17, 15) is 0 Å². The normalized spacial score (nSPS) is 18.2. The zero-order chi connectivity index (χ0) is 10.3. The van der Waals surface area contributed by atoms with Gasteiger partial charge in [-0.15, -0.1) is 11.6 Å². The molecular weight excluding hydrogens is 182 g/mol. The first kappa shape index (κ1) is 13.2. The van der Waals surface area contributed by atoms with Crippen molar-refractivity contribution in [2.24, 2.45) is 0 Å². The van der Waals surface area contributed by atoms with Crippen LogP contribution in [0.5, 0.6) is 0 Å². The molecule has 80 valence electrons. The van der Waals surface area contributed by atoms with Gasteiger partial charge in [-0.2, -0.15) is 0 Å². The van der Waals surface area contributed by atoms with Gasteiger partial charge in [0.15, 0.2) is 0 Å². The van der Waals surface area contributed by atoms with Crippen molar-refractivity contribution in [1.29, 1.82) is 0 Å². The van der Waals surface area contributed by atoms with Gasteiger partial charge >= 0.3 is 0 Å². The summed E-state index contributed by atoms with van der Waals surface area (Å²) in [4.78, 5) is 0. The van der Waals surface area contributed by atoms with E-state index in [1.165, 1.54) is 12.8 Å². The van der Waals surface area contributed by atoms with E-state index in [0.717, 1.165) is 18.7 Å². The minimum absolute atomic E-state index is 0.232. The molecule has 0 fully saturated rings. The van der Waals surface area contributed by atoms with E-state index in [4.69, 9.17) is 11.6 Å². The maximum absolute atomic E-state index is 5.79. The highest BCUT2D eigenvalue weighted by molar-refractivity contribution is 6.17. The highest BCUT2D eigenvalue weighted by Gasteiger charge is 2.22. The molecule has 0 aliphatic carbocycles. The second kappa shape index (κ2) is 6.67. The summed E-state index contributed by atoms with van der Waals surface area (Å²) in [5.41, 5.74) is 0.232. The Labute approximate surface area is 88.2 Å². The van der Waals surface area contributed by atoms with Crippen molar-refractivity contribution in [3.63, 3.8) is 0 Å². The first-order valence-electron chi connectivity index (χ1n) is 5.41. The van der Waals surface area contributed by atoms with E-state index in [0.29, 0.717) is 6.04 Å². The highest BCUT2D eigenvalue weighted by atomic mass is 35.5. The average molecular weight is 206 g/mol. The highest BCUT2D eigenvalue weighted by Crippen LogP contribution is 2.17. The number of halogens is 1. The van der Waals surface area contributed by atoms with E-state index >= 15 is 0 Å². The zero-order valence-electron chi connectivity index (χ0n) is 9.49. The van der Waals surface area contributed by atoms with Gasteiger partial charge in [-0.3, -0.25) is 0 Å². The Balaban J connectivity index is 3.93. The predicted molar refractivity (Wildman–Crippen MR) is 61.5 cm³/mol. The molecule has 0 amide bonds. The molecule has 0 aliphatic rings. The van der Waals surface area contributed by atoms with Crippen LogP contribution in [0.15, 0.2) is 0 Å². The van der Waals surface area contributed by atoms with Crippen molar-refractivity contribution in [2.45, 2.75) is 65.0 Å². The molecule has 1 N–H and O–H groups in total. The Kier molecular flexibility index (Phi) is 6.79. The van der Waals surface area contributed by atoms with Gasteiger partial charge in [0.25, 0.3) is 0 Å². The van der Waals surface area contributed by atoms with E-state index < -0.39 is 0 Å². The average Bonchev–Trinajstić information content (AvgIpc) is 2.05. The van der Waals surface area contributed by atoms with E-state index in [-0.39, 0.29) is 5.54 Å². The van der Waals surface area contributed by atoms with Crippen LogP contribution in [-0.2, 0) is 0 Å². The molecule has 0 radical (unpaired) electrons. The Morgan fingerprint density at radius 3 is 2.38 bits per heavy atom. The topological polar surface area (TPSA) is 12.0 Å². The molecule has 13 heavy (non-hydrogen) atoms. The van der Waals surface area contributed by atoms with Crippen molar-refractivity contribution < 1.29 is 0 Å². The number of nitrogens with one attached hydrogen (secondary N) is 1. The SMILES string of the molecule is CCCC(C)NC(C)(CC)CCCl. The molecule has 0 bridgehead atoms. The van der Waals surface area contributed by atoms with Gasteiger partial charge < -0.3 is 5.32 Å². The minimum Gasteiger partial charge on any atom is -0.309 e. The third-order valence-corrected chi connectivity index (χ3v) is 2.93. The van der Waals surface area contributed by atoms with Crippen LogP contribution >= 0.6 is 11.6 Å². The van der Waals surface area contributed by atoms with Crippen molar-refractivity contribution >= 4 is 11.6 Å². The van der Waals surface area contributed by atoms with Crippen molar-refractivity contribution in [3.8, 4) is 0 Å². The van der Waals surface area contributed by atoms with E-state index in [1.807, 2.05) is 0 Å². The molecule has 0 spiro atoms. The quantitative estimate of drug-likeness (QED) is 0.627. The molecule has 0 rings (SSSR count). The van der Waals surface area contributed by atoms with Crippen molar-refractivity contribution in [1.82, 2.24) is 5.32 Å². The largest absolute Gasteiger partial charge is 0.309 e. The summed E-state index contributed by atoms with van der Waals surface area (Å²) >= 11 is 5.79. The van der Waals surface area contributed by atoms with Crippen LogP contribution in [0.1, 0.15) is 53.4 Å².